The lowest BCUT2D eigenvalue weighted by Crippen LogP contribution is -2.08. The summed E-state index contributed by atoms with van der Waals surface area (Å²) in [4.78, 5) is 12.0. The average molecular weight is 370 g/mol. The molecule has 0 radical (unpaired) electrons. The maximum atomic E-state index is 12.0. The van der Waals surface area contributed by atoms with E-state index >= 15 is 0 Å². The van der Waals surface area contributed by atoms with Crippen LogP contribution in [0.4, 0.5) is 0 Å². The summed E-state index contributed by atoms with van der Waals surface area (Å²) in [5.74, 6) is 0.604. The third-order valence-corrected chi connectivity index (χ3v) is 3.45. The Bertz CT molecular complexity index is 626. The van der Waals surface area contributed by atoms with Crippen LogP contribution in [0.1, 0.15) is 23.7 Å². The second-order valence-corrected chi connectivity index (χ2v) is 5.66. The van der Waals surface area contributed by atoms with Gasteiger partial charge in [-0.15, -0.1) is 0 Å². The molecule has 0 N–H and O–H groups in total. The van der Waals surface area contributed by atoms with Gasteiger partial charge in [0.25, 0.3) is 0 Å². The maximum Gasteiger partial charge on any atom is 0.343 e. The van der Waals surface area contributed by atoms with Gasteiger partial charge >= 0.3 is 5.97 Å². The highest BCUT2D eigenvalue weighted by atomic mass is 79.9. The fourth-order valence-electron chi connectivity index (χ4n) is 1.62. The molecule has 0 aliphatic carbocycles. The highest BCUT2D eigenvalue weighted by Crippen LogP contribution is 2.28. The van der Waals surface area contributed by atoms with Crippen molar-refractivity contribution < 1.29 is 14.3 Å². The molecule has 0 aliphatic heterocycles. The van der Waals surface area contributed by atoms with Crippen LogP contribution in [0.5, 0.6) is 11.5 Å². The number of carbonyl (C=O) groups is 1. The molecule has 2 aromatic rings. The van der Waals surface area contributed by atoms with Gasteiger partial charge in [0, 0.05) is 4.47 Å². The number of carbonyl (C=O) groups excluding carboxylic acids is 1. The second-order valence-electron chi connectivity index (χ2n) is 4.34. The number of hydrogen-bond acceptors (Lipinski definition) is 3. The van der Waals surface area contributed by atoms with Crippen LogP contribution in [0.2, 0.25) is 5.02 Å². The summed E-state index contributed by atoms with van der Waals surface area (Å²) in [5.41, 5.74) is 0.442. The minimum absolute atomic E-state index is 0.330. The van der Waals surface area contributed by atoms with Crippen molar-refractivity contribution in [2.24, 2.45) is 0 Å². The van der Waals surface area contributed by atoms with E-state index in [2.05, 4.69) is 15.9 Å². The molecule has 2 rings (SSSR count). The van der Waals surface area contributed by atoms with Gasteiger partial charge < -0.3 is 9.47 Å². The standard InChI is InChI=1S/C16H14BrClO3/c1-2-9-20-13-6-3-11(4-7-13)16(19)21-15-8-5-12(17)10-14(15)18/h3-8,10H,2,9H2,1H3. The molecule has 0 saturated carbocycles. The Morgan fingerprint density at radius 1 is 1.19 bits per heavy atom. The monoisotopic (exact) mass is 368 g/mol. The average Bonchev–Trinajstić information content (AvgIpc) is 2.48. The third-order valence-electron chi connectivity index (χ3n) is 2.66. The van der Waals surface area contributed by atoms with Crippen molar-refractivity contribution in [3.8, 4) is 11.5 Å². The highest BCUT2D eigenvalue weighted by molar-refractivity contribution is 9.10. The Hall–Kier alpha value is -1.52. The van der Waals surface area contributed by atoms with E-state index in [-0.39, 0.29) is 0 Å². The number of halogens is 2. The quantitative estimate of drug-likeness (QED) is 0.542. The first-order chi connectivity index (χ1) is 10.1. The van der Waals surface area contributed by atoms with Crippen molar-refractivity contribution >= 4 is 33.5 Å². The van der Waals surface area contributed by atoms with Crippen LogP contribution >= 0.6 is 27.5 Å². The maximum absolute atomic E-state index is 12.0. The summed E-state index contributed by atoms with van der Waals surface area (Å²) in [7, 11) is 0. The summed E-state index contributed by atoms with van der Waals surface area (Å²) in [6.45, 7) is 2.69. The minimum atomic E-state index is -0.457. The molecule has 0 fully saturated rings. The SMILES string of the molecule is CCCOc1ccc(C(=O)Oc2ccc(Br)cc2Cl)cc1. The number of esters is 1. The van der Waals surface area contributed by atoms with E-state index in [4.69, 9.17) is 21.1 Å². The molecule has 5 heteroatoms. The number of benzene rings is 2. The Morgan fingerprint density at radius 3 is 2.52 bits per heavy atom. The smallest absolute Gasteiger partial charge is 0.343 e. The van der Waals surface area contributed by atoms with Crippen LogP contribution in [-0.2, 0) is 0 Å². The molecule has 0 aliphatic rings. The summed E-state index contributed by atoms with van der Waals surface area (Å²) in [6, 6.07) is 11.9. The first-order valence-electron chi connectivity index (χ1n) is 6.50. The summed E-state index contributed by atoms with van der Waals surface area (Å²) >= 11 is 9.31. The Labute approximate surface area is 137 Å². The second kappa shape index (κ2) is 7.48. The van der Waals surface area contributed by atoms with Gasteiger partial charge in [-0.25, -0.2) is 4.79 Å². The van der Waals surface area contributed by atoms with E-state index in [9.17, 15) is 4.79 Å². The van der Waals surface area contributed by atoms with Crippen molar-refractivity contribution in [3.05, 3.63) is 57.5 Å². The van der Waals surface area contributed by atoms with E-state index in [0.29, 0.717) is 22.9 Å². The Kier molecular flexibility index (Phi) is 5.65. The summed E-state index contributed by atoms with van der Waals surface area (Å²) in [6.07, 6.45) is 0.936. The molecule has 3 nitrogen and oxygen atoms in total. The van der Waals surface area contributed by atoms with Gasteiger partial charge in [0.15, 0.2) is 0 Å². The van der Waals surface area contributed by atoms with Gasteiger partial charge in [0.1, 0.15) is 11.5 Å². The molecule has 2 aromatic carbocycles. The first kappa shape index (κ1) is 15.9. The zero-order valence-electron chi connectivity index (χ0n) is 11.4. The van der Waals surface area contributed by atoms with E-state index in [0.717, 1.165) is 16.6 Å². The van der Waals surface area contributed by atoms with Crippen molar-refractivity contribution in [2.45, 2.75) is 13.3 Å². The molecule has 0 spiro atoms. The largest absolute Gasteiger partial charge is 0.494 e. The van der Waals surface area contributed by atoms with Crippen molar-refractivity contribution in [2.75, 3.05) is 6.61 Å². The third kappa shape index (κ3) is 4.48. The van der Waals surface area contributed by atoms with Gasteiger partial charge in [-0.2, -0.15) is 0 Å². The molecule has 110 valence electrons. The predicted octanol–water partition coefficient (Wildman–Crippen LogP) is 5.11. The van der Waals surface area contributed by atoms with Gasteiger partial charge in [0.2, 0.25) is 0 Å². The molecule has 21 heavy (non-hydrogen) atoms. The fourth-order valence-corrected chi connectivity index (χ4v) is 2.34. The Morgan fingerprint density at radius 2 is 1.90 bits per heavy atom. The van der Waals surface area contributed by atoms with Crippen molar-refractivity contribution in [1.29, 1.82) is 0 Å². The van der Waals surface area contributed by atoms with Crippen LogP contribution in [0.3, 0.4) is 0 Å². The number of rotatable bonds is 5. The number of hydrogen-bond donors (Lipinski definition) is 0. The van der Waals surface area contributed by atoms with Crippen LogP contribution < -0.4 is 9.47 Å². The van der Waals surface area contributed by atoms with Gasteiger partial charge in [0.05, 0.1) is 17.2 Å². The molecule has 0 atom stereocenters. The summed E-state index contributed by atoms with van der Waals surface area (Å²) < 4.78 is 11.6. The van der Waals surface area contributed by atoms with Crippen LogP contribution in [0.25, 0.3) is 0 Å². The minimum Gasteiger partial charge on any atom is -0.494 e. The zero-order chi connectivity index (χ0) is 15.2. The highest BCUT2D eigenvalue weighted by Gasteiger charge is 2.11. The van der Waals surface area contributed by atoms with Crippen LogP contribution in [0, 0.1) is 0 Å². The summed E-state index contributed by atoms with van der Waals surface area (Å²) in [5, 5.41) is 0.376. The molecular formula is C16H14BrClO3. The molecule has 0 bridgehead atoms. The lowest BCUT2D eigenvalue weighted by Gasteiger charge is -2.08. The topological polar surface area (TPSA) is 35.5 Å². The lowest BCUT2D eigenvalue weighted by molar-refractivity contribution is 0.0735. The van der Waals surface area contributed by atoms with E-state index < -0.39 is 5.97 Å². The van der Waals surface area contributed by atoms with E-state index in [1.54, 1.807) is 42.5 Å². The lowest BCUT2D eigenvalue weighted by atomic mass is 10.2. The van der Waals surface area contributed by atoms with Gasteiger partial charge in [-0.1, -0.05) is 34.5 Å². The van der Waals surface area contributed by atoms with Crippen molar-refractivity contribution in [3.63, 3.8) is 0 Å². The van der Waals surface area contributed by atoms with Gasteiger partial charge in [-0.05, 0) is 48.9 Å². The predicted molar refractivity (Wildman–Crippen MR) is 86.3 cm³/mol. The van der Waals surface area contributed by atoms with Crippen molar-refractivity contribution in [1.82, 2.24) is 0 Å². The molecule has 0 unspecified atom stereocenters. The number of ether oxygens (including phenoxy) is 2. The molecule has 0 saturated heterocycles. The van der Waals surface area contributed by atoms with Crippen LogP contribution in [-0.4, -0.2) is 12.6 Å². The zero-order valence-corrected chi connectivity index (χ0v) is 13.8. The Balaban J connectivity index is 2.06. The molecule has 0 aromatic heterocycles. The van der Waals surface area contributed by atoms with Gasteiger partial charge in [-0.3, -0.25) is 0 Å². The molecular weight excluding hydrogens is 356 g/mol. The fraction of sp³-hybridized carbons (Fsp3) is 0.188. The van der Waals surface area contributed by atoms with E-state index in [1.165, 1.54) is 0 Å². The van der Waals surface area contributed by atoms with Crippen LogP contribution in [0.15, 0.2) is 46.9 Å². The molecule has 0 heterocycles. The first-order valence-corrected chi connectivity index (χ1v) is 7.67. The van der Waals surface area contributed by atoms with E-state index in [1.807, 2.05) is 6.92 Å². The molecule has 0 amide bonds. The normalized spacial score (nSPS) is 10.2.